The molecule has 0 unspecified atom stereocenters. The normalized spacial score (nSPS) is 15.6. The Morgan fingerprint density at radius 3 is 2.73 bits per heavy atom. The van der Waals surface area contributed by atoms with Gasteiger partial charge in [0.2, 0.25) is 0 Å². The zero-order valence-corrected chi connectivity index (χ0v) is 9.73. The van der Waals surface area contributed by atoms with Crippen LogP contribution in [-0.2, 0) is 11.2 Å². The fraction of sp³-hybridized carbons (Fsp3) is 0.333. The highest BCUT2D eigenvalue weighted by Crippen LogP contribution is 2.18. The fourth-order valence-corrected chi connectivity index (χ4v) is 2.32. The van der Waals surface area contributed by atoms with Crippen LogP contribution in [0.1, 0.15) is 16.7 Å². The minimum Gasteiger partial charge on any atom is -0.272 e. The molecule has 3 heteroatoms. The van der Waals surface area contributed by atoms with E-state index in [2.05, 4.69) is 37.0 Å². The molecule has 2 nitrogen and oxygen atoms in total. The molecule has 1 aromatic carbocycles. The molecule has 1 heterocycles. The first-order valence-electron chi connectivity index (χ1n) is 4.94. The Hall–Kier alpha value is -1.09. The lowest BCUT2D eigenvalue weighted by atomic mass is 10.0. The van der Waals surface area contributed by atoms with Crippen LogP contribution < -0.4 is 0 Å². The molecule has 1 aromatic rings. The van der Waals surface area contributed by atoms with Crippen molar-refractivity contribution in [2.24, 2.45) is 4.99 Å². The topological polar surface area (TPSA) is 29.4 Å². The molecule has 0 saturated carbocycles. The molecule has 0 aromatic heterocycles. The van der Waals surface area contributed by atoms with Gasteiger partial charge < -0.3 is 0 Å². The van der Waals surface area contributed by atoms with Crippen LogP contribution in [0.5, 0.6) is 0 Å². The maximum absolute atomic E-state index is 11.0. The van der Waals surface area contributed by atoms with E-state index in [0.29, 0.717) is 5.75 Å². The molecule has 0 aliphatic carbocycles. The Morgan fingerprint density at radius 1 is 1.33 bits per heavy atom. The summed E-state index contributed by atoms with van der Waals surface area (Å²) in [6.07, 6.45) is 0.789. The number of aryl methyl sites for hydroxylation is 2. The van der Waals surface area contributed by atoms with Crippen molar-refractivity contribution in [1.82, 2.24) is 0 Å². The Morgan fingerprint density at radius 2 is 2.13 bits per heavy atom. The number of carbonyl (C=O) groups is 1. The molecule has 0 fully saturated rings. The van der Waals surface area contributed by atoms with Crippen LogP contribution in [0, 0.1) is 13.8 Å². The van der Waals surface area contributed by atoms with Crippen LogP contribution in [0.25, 0.3) is 0 Å². The molecular weight excluding hydrogens is 206 g/mol. The highest BCUT2D eigenvalue weighted by Gasteiger charge is 2.14. The van der Waals surface area contributed by atoms with Crippen LogP contribution in [0.15, 0.2) is 23.2 Å². The summed E-state index contributed by atoms with van der Waals surface area (Å²) in [6.45, 7) is 4.21. The maximum Gasteiger partial charge on any atom is 0.256 e. The van der Waals surface area contributed by atoms with Crippen molar-refractivity contribution in [1.29, 1.82) is 0 Å². The van der Waals surface area contributed by atoms with Gasteiger partial charge in [0.15, 0.2) is 0 Å². The van der Waals surface area contributed by atoms with Crippen LogP contribution in [0.4, 0.5) is 0 Å². The number of aliphatic imine (C=N–C) groups is 1. The van der Waals surface area contributed by atoms with Crippen molar-refractivity contribution < 1.29 is 4.79 Å². The Kier molecular flexibility index (Phi) is 2.91. The summed E-state index contributed by atoms with van der Waals surface area (Å²) in [4.78, 5) is 14.9. The second-order valence-electron chi connectivity index (χ2n) is 3.78. The summed E-state index contributed by atoms with van der Waals surface area (Å²) in [6, 6.07) is 6.39. The van der Waals surface area contributed by atoms with Gasteiger partial charge in [0.25, 0.3) is 5.91 Å². The average Bonchev–Trinajstić information content (AvgIpc) is 2.58. The number of benzene rings is 1. The van der Waals surface area contributed by atoms with Gasteiger partial charge in [-0.2, -0.15) is 0 Å². The van der Waals surface area contributed by atoms with E-state index in [1.165, 1.54) is 16.7 Å². The summed E-state index contributed by atoms with van der Waals surface area (Å²) in [5.41, 5.74) is 3.83. The van der Waals surface area contributed by atoms with Crippen molar-refractivity contribution in [3.63, 3.8) is 0 Å². The summed E-state index contributed by atoms with van der Waals surface area (Å²) in [5, 5.41) is 0.947. The molecule has 78 valence electrons. The number of rotatable bonds is 2. The lowest BCUT2D eigenvalue weighted by molar-refractivity contribution is -0.115. The van der Waals surface area contributed by atoms with E-state index < -0.39 is 0 Å². The Bertz CT molecular complexity index is 437. The summed E-state index contributed by atoms with van der Waals surface area (Å²) < 4.78 is 0. The molecule has 1 aliphatic rings. The Labute approximate surface area is 93.8 Å². The number of hydrogen-bond donors (Lipinski definition) is 0. The van der Waals surface area contributed by atoms with E-state index in [9.17, 15) is 4.79 Å². The standard InChI is InChI=1S/C12H13NOS/c1-8-3-4-10(5-9(8)2)6-12-13-11(14)7-15-12/h3-5H,6-7H2,1-2H3. The SMILES string of the molecule is Cc1ccc(CC2=NC(=O)CS2)cc1C. The summed E-state index contributed by atoms with van der Waals surface area (Å²) >= 11 is 1.56. The van der Waals surface area contributed by atoms with Crippen molar-refractivity contribution >= 4 is 22.7 Å². The van der Waals surface area contributed by atoms with E-state index in [1.54, 1.807) is 11.8 Å². The smallest absolute Gasteiger partial charge is 0.256 e. The van der Waals surface area contributed by atoms with Gasteiger partial charge in [-0.1, -0.05) is 18.2 Å². The van der Waals surface area contributed by atoms with Gasteiger partial charge in [0, 0.05) is 6.42 Å². The monoisotopic (exact) mass is 219 g/mol. The maximum atomic E-state index is 11.0. The second kappa shape index (κ2) is 4.19. The van der Waals surface area contributed by atoms with Crippen molar-refractivity contribution in [3.05, 3.63) is 34.9 Å². The highest BCUT2D eigenvalue weighted by atomic mass is 32.2. The predicted octanol–water partition coefficient (Wildman–Crippen LogP) is 2.52. The second-order valence-corrected chi connectivity index (χ2v) is 4.83. The molecular formula is C12H13NOS. The van der Waals surface area contributed by atoms with E-state index >= 15 is 0 Å². The molecule has 0 radical (unpaired) electrons. The zero-order chi connectivity index (χ0) is 10.8. The van der Waals surface area contributed by atoms with Crippen LogP contribution >= 0.6 is 11.8 Å². The van der Waals surface area contributed by atoms with Crippen molar-refractivity contribution in [3.8, 4) is 0 Å². The summed E-state index contributed by atoms with van der Waals surface area (Å²) in [7, 11) is 0. The molecule has 0 bridgehead atoms. The zero-order valence-electron chi connectivity index (χ0n) is 8.91. The fourth-order valence-electron chi connectivity index (χ4n) is 1.53. The molecule has 0 spiro atoms. The Balaban J connectivity index is 2.14. The number of carbonyl (C=O) groups excluding carboxylic acids is 1. The minimum atomic E-state index is -0.00108. The first-order chi connectivity index (χ1) is 7.15. The van der Waals surface area contributed by atoms with Gasteiger partial charge >= 0.3 is 0 Å². The van der Waals surface area contributed by atoms with Gasteiger partial charge in [-0.15, -0.1) is 11.8 Å². The lowest BCUT2D eigenvalue weighted by Gasteiger charge is -2.04. The van der Waals surface area contributed by atoms with E-state index in [-0.39, 0.29) is 5.91 Å². The largest absolute Gasteiger partial charge is 0.272 e. The van der Waals surface area contributed by atoms with Crippen LogP contribution in [0.3, 0.4) is 0 Å². The quantitative estimate of drug-likeness (QED) is 0.765. The van der Waals surface area contributed by atoms with Crippen molar-refractivity contribution in [2.45, 2.75) is 20.3 Å². The summed E-state index contributed by atoms with van der Waals surface area (Å²) in [5.74, 6) is 0.513. The van der Waals surface area contributed by atoms with E-state index in [0.717, 1.165) is 11.5 Å². The third-order valence-corrected chi connectivity index (χ3v) is 3.50. The van der Waals surface area contributed by atoms with Crippen LogP contribution in [-0.4, -0.2) is 16.7 Å². The number of nitrogens with zero attached hydrogens (tertiary/aromatic N) is 1. The van der Waals surface area contributed by atoms with Crippen molar-refractivity contribution in [2.75, 3.05) is 5.75 Å². The molecule has 0 atom stereocenters. The molecule has 15 heavy (non-hydrogen) atoms. The predicted molar refractivity (Wildman–Crippen MR) is 64.5 cm³/mol. The highest BCUT2D eigenvalue weighted by molar-refractivity contribution is 8.15. The number of amides is 1. The van der Waals surface area contributed by atoms with Gasteiger partial charge in [-0.3, -0.25) is 4.79 Å². The number of thioether (sulfide) groups is 1. The molecule has 1 aliphatic heterocycles. The molecule has 1 amide bonds. The van der Waals surface area contributed by atoms with Gasteiger partial charge in [0.1, 0.15) is 0 Å². The third kappa shape index (κ3) is 2.48. The van der Waals surface area contributed by atoms with Gasteiger partial charge in [-0.25, -0.2) is 4.99 Å². The van der Waals surface area contributed by atoms with Gasteiger partial charge in [-0.05, 0) is 30.5 Å². The first-order valence-corrected chi connectivity index (χ1v) is 5.93. The average molecular weight is 219 g/mol. The molecule has 2 rings (SSSR count). The number of hydrogen-bond acceptors (Lipinski definition) is 2. The van der Waals surface area contributed by atoms with E-state index in [1.807, 2.05) is 0 Å². The minimum absolute atomic E-state index is 0.00108. The third-order valence-electron chi connectivity index (χ3n) is 2.54. The lowest BCUT2D eigenvalue weighted by Crippen LogP contribution is -1.96. The van der Waals surface area contributed by atoms with Crippen LogP contribution in [0.2, 0.25) is 0 Å². The molecule has 0 N–H and O–H groups in total. The van der Waals surface area contributed by atoms with Gasteiger partial charge in [0.05, 0.1) is 10.8 Å². The molecule has 0 saturated heterocycles. The van der Waals surface area contributed by atoms with E-state index in [4.69, 9.17) is 0 Å². The first kappa shape index (κ1) is 10.4.